The lowest BCUT2D eigenvalue weighted by molar-refractivity contribution is 0.108. The summed E-state index contributed by atoms with van der Waals surface area (Å²) in [5.74, 6) is 0.805. The SMILES string of the molecule is CCOc1ccccc1C(O)CCN(C)C1CCN(C)CC1. The highest BCUT2D eigenvalue weighted by Crippen LogP contribution is 2.27. The van der Waals surface area contributed by atoms with E-state index in [1.54, 1.807) is 0 Å². The monoisotopic (exact) mass is 306 g/mol. The zero-order valence-electron chi connectivity index (χ0n) is 14.2. The predicted octanol–water partition coefficient (Wildman–Crippen LogP) is 2.53. The Bertz CT molecular complexity index is 444. The Labute approximate surface area is 134 Å². The lowest BCUT2D eigenvalue weighted by Crippen LogP contribution is -2.42. The topological polar surface area (TPSA) is 35.9 Å². The zero-order valence-corrected chi connectivity index (χ0v) is 14.2. The van der Waals surface area contributed by atoms with Crippen LogP contribution in [0.1, 0.15) is 37.9 Å². The molecule has 124 valence electrons. The van der Waals surface area contributed by atoms with E-state index in [-0.39, 0.29) is 0 Å². The van der Waals surface area contributed by atoms with Crippen LogP contribution in [0, 0.1) is 0 Å². The van der Waals surface area contributed by atoms with Crippen molar-refractivity contribution in [1.29, 1.82) is 0 Å². The second kappa shape index (κ2) is 8.51. The lowest BCUT2D eigenvalue weighted by atomic mass is 10.0. The number of benzene rings is 1. The van der Waals surface area contributed by atoms with Gasteiger partial charge < -0.3 is 19.6 Å². The minimum Gasteiger partial charge on any atom is -0.493 e. The van der Waals surface area contributed by atoms with Crippen LogP contribution in [0.4, 0.5) is 0 Å². The number of ether oxygens (including phenoxy) is 1. The third kappa shape index (κ3) is 4.70. The average Bonchev–Trinajstić information content (AvgIpc) is 2.54. The molecule has 0 aliphatic carbocycles. The van der Waals surface area contributed by atoms with Crippen LogP contribution in [0.15, 0.2) is 24.3 Å². The molecule has 0 aromatic heterocycles. The number of aliphatic hydroxyl groups is 1. The van der Waals surface area contributed by atoms with Gasteiger partial charge in [-0.2, -0.15) is 0 Å². The standard InChI is InChI=1S/C18H30N2O2/c1-4-22-18-8-6-5-7-16(18)17(21)11-14-20(3)15-9-12-19(2)13-10-15/h5-8,15,17,21H,4,9-14H2,1-3H3. The number of hydrogen-bond donors (Lipinski definition) is 1. The summed E-state index contributed by atoms with van der Waals surface area (Å²) in [6, 6.07) is 8.45. The number of rotatable bonds is 7. The Morgan fingerprint density at radius 3 is 2.68 bits per heavy atom. The molecule has 1 heterocycles. The quantitative estimate of drug-likeness (QED) is 0.840. The van der Waals surface area contributed by atoms with Crippen molar-refractivity contribution in [1.82, 2.24) is 9.80 Å². The molecular formula is C18H30N2O2. The van der Waals surface area contributed by atoms with E-state index in [0.29, 0.717) is 12.6 Å². The van der Waals surface area contributed by atoms with E-state index < -0.39 is 6.10 Å². The van der Waals surface area contributed by atoms with Crippen LogP contribution in [-0.2, 0) is 0 Å². The van der Waals surface area contributed by atoms with E-state index in [1.165, 1.54) is 25.9 Å². The maximum Gasteiger partial charge on any atom is 0.125 e. The van der Waals surface area contributed by atoms with Crippen molar-refractivity contribution >= 4 is 0 Å². The van der Waals surface area contributed by atoms with Gasteiger partial charge in [0, 0.05) is 18.2 Å². The van der Waals surface area contributed by atoms with E-state index >= 15 is 0 Å². The molecule has 1 aliphatic heterocycles. The molecular weight excluding hydrogens is 276 g/mol. The van der Waals surface area contributed by atoms with Gasteiger partial charge in [-0.3, -0.25) is 0 Å². The van der Waals surface area contributed by atoms with Gasteiger partial charge in [-0.15, -0.1) is 0 Å². The normalized spacial score (nSPS) is 18.6. The molecule has 1 saturated heterocycles. The number of nitrogens with zero attached hydrogens (tertiary/aromatic N) is 2. The molecule has 0 bridgehead atoms. The predicted molar refractivity (Wildman–Crippen MR) is 90.3 cm³/mol. The molecule has 0 saturated carbocycles. The minimum absolute atomic E-state index is 0.462. The molecule has 1 fully saturated rings. The smallest absolute Gasteiger partial charge is 0.125 e. The summed E-state index contributed by atoms with van der Waals surface area (Å²) in [6.45, 7) is 5.85. The lowest BCUT2D eigenvalue weighted by Gasteiger charge is -2.35. The zero-order chi connectivity index (χ0) is 15.9. The number of likely N-dealkylation sites (tertiary alicyclic amines) is 1. The van der Waals surface area contributed by atoms with Crippen molar-refractivity contribution < 1.29 is 9.84 Å². The van der Waals surface area contributed by atoms with Gasteiger partial charge in [-0.25, -0.2) is 0 Å². The van der Waals surface area contributed by atoms with Crippen LogP contribution in [-0.4, -0.2) is 61.3 Å². The third-order valence-electron chi connectivity index (χ3n) is 4.64. The Morgan fingerprint density at radius 1 is 1.32 bits per heavy atom. The van der Waals surface area contributed by atoms with Crippen LogP contribution in [0.25, 0.3) is 0 Å². The first kappa shape index (κ1) is 17.3. The minimum atomic E-state index is -0.462. The van der Waals surface area contributed by atoms with Crippen molar-refractivity contribution in [2.45, 2.75) is 38.3 Å². The summed E-state index contributed by atoms with van der Waals surface area (Å²) in [5, 5.41) is 10.5. The van der Waals surface area contributed by atoms with E-state index in [1.807, 2.05) is 31.2 Å². The molecule has 0 radical (unpaired) electrons. The molecule has 1 aromatic rings. The second-order valence-corrected chi connectivity index (χ2v) is 6.29. The van der Waals surface area contributed by atoms with Gasteiger partial charge in [-0.05, 0) is 59.4 Å². The highest BCUT2D eigenvalue weighted by molar-refractivity contribution is 5.35. The van der Waals surface area contributed by atoms with Gasteiger partial charge in [0.25, 0.3) is 0 Å². The van der Waals surface area contributed by atoms with Gasteiger partial charge in [-0.1, -0.05) is 18.2 Å². The fraction of sp³-hybridized carbons (Fsp3) is 0.667. The van der Waals surface area contributed by atoms with E-state index in [4.69, 9.17) is 4.74 Å². The van der Waals surface area contributed by atoms with Crippen LogP contribution in [0.3, 0.4) is 0 Å². The molecule has 4 heteroatoms. The molecule has 4 nitrogen and oxygen atoms in total. The summed E-state index contributed by atoms with van der Waals surface area (Å²) < 4.78 is 5.61. The van der Waals surface area contributed by atoms with Gasteiger partial charge in [0.2, 0.25) is 0 Å². The Hall–Kier alpha value is -1.10. The Morgan fingerprint density at radius 2 is 2.00 bits per heavy atom. The number of aliphatic hydroxyl groups excluding tert-OH is 1. The number of para-hydroxylation sites is 1. The van der Waals surface area contributed by atoms with Crippen LogP contribution in [0.5, 0.6) is 5.75 Å². The first-order valence-corrected chi connectivity index (χ1v) is 8.40. The number of hydrogen-bond acceptors (Lipinski definition) is 4. The van der Waals surface area contributed by atoms with Gasteiger partial charge in [0.1, 0.15) is 5.75 Å². The summed E-state index contributed by atoms with van der Waals surface area (Å²) in [4.78, 5) is 4.79. The molecule has 1 N–H and O–H groups in total. The van der Waals surface area contributed by atoms with Gasteiger partial charge in [0.15, 0.2) is 0 Å². The summed E-state index contributed by atoms with van der Waals surface area (Å²) in [6.07, 6.45) is 2.72. The molecule has 1 aromatic carbocycles. The average molecular weight is 306 g/mol. The largest absolute Gasteiger partial charge is 0.493 e. The van der Waals surface area contributed by atoms with Crippen molar-refractivity contribution in [3.8, 4) is 5.75 Å². The molecule has 0 amide bonds. The molecule has 1 unspecified atom stereocenters. The van der Waals surface area contributed by atoms with Crippen molar-refractivity contribution in [3.05, 3.63) is 29.8 Å². The van der Waals surface area contributed by atoms with Gasteiger partial charge in [0.05, 0.1) is 12.7 Å². The summed E-state index contributed by atoms with van der Waals surface area (Å²) in [7, 11) is 4.36. The van der Waals surface area contributed by atoms with Crippen molar-refractivity contribution in [2.24, 2.45) is 0 Å². The third-order valence-corrected chi connectivity index (χ3v) is 4.64. The maximum atomic E-state index is 10.5. The molecule has 0 spiro atoms. The number of piperidine rings is 1. The summed E-state index contributed by atoms with van der Waals surface area (Å²) in [5.41, 5.74) is 0.904. The van der Waals surface area contributed by atoms with Crippen LogP contribution in [0.2, 0.25) is 0 Å². The second-order valence-electron chi connectivity index (χ2n) is 6.29. The Balaban J connectivity index is 1.85. The molecule has 1 atom stereocenters. The fourth-order valence-corrected chi connectivity index (χ4v) is 3.14. The molecule has 1 aliphatic rings. The van der Waals surface area contributed by atoms with Gasteiger partial charge >= 0.3 is 0 Å². The van der Waals surface area contributed by atoms with E-state index in [9.17, 15) is 5.11 Å². The Kier molecular flexibility index (Phi) is 6.68. The van der Waals surface area contributed by atoms with Crippen molar-refractivity contribution in [2.75, 3.05) is 40.3 Å². The highest BCUT2D eigenvalue weighted by atomic mass is 16.5. The van der Waals surface area contributed by atoms with Crippen LogP contribution < -0.4 is 4.74 Å². The fourth-order valence-electron chi connectivity index (χ4n) is 3.14. The summed E-state index contributed by atoms with van der Waals surface area (Å²) >= 11 is 0. The van der Waals surface area contributed by atoms with E-state index in [2.05, 4.69) is 23.9 Å². The molecule has 2 rings (SSSR count). The first-order chi connectivity index (χ1) is 10.6. The van der Waals surface area contributed by atoms with E-state index in [0.717, 1.165) is 24.3 Å². The van der Waals surface area contributed by atoms with Crippen LogP contribution >= 0.6 is 0 Å². The maximum absolute atomic E-state index is 10.5. The van der Waals surface area contributed by atoms with Crippen molar-refractivity contribution in [3.63, 3.8) is 0 Å². The highest BCUT2D eigenvalue weighted by Gasteiger charge is 2.21. The first-order valence-electron chi connectivity index (χ1n) is 8.40. The molecule has 22 heavy (non-hydrogen) atoms.